The van der Waals surface area contributed by atoms with Crippen LogP contribution in [0.25, 0.3) is 6.08 Å². The summed E-state index contributed by atoms with van der Waals surface area (Å²) >= 11 is 1.21. The number of benzene rings is 2. The molecule has 0 aliphatic heterocycles. The van der Waals surface area contributed by atoms with Crippen LogP contribution in [0.5, 0.6) is 17.2 Å². The first kappa shape index (κ1) is 22.2. The minimum absolute atomic E-state index is 0.251. The molecule has 0 bridgehead atoms. The lowest BCUT2D eigenvalue weighted by Crippen LogP contribution is -2.07. The number of hydrogen-bond acceptors (Lipinski definition) is 6. The fourth-order valence-electron chi connectivity index (χ4n) is 2.82. The van der Waals surface area contributed by atoms with Gasteiger partial charge in [-0.3, -0.25) is 10.1 Å². The largest absolute Gasteiger partial charge is 0.493 e. The fourth-order valence-corrected chi connectivity index (χ4v) is 3.65. The van der Waals surface area contributed by atoms with Crippen LogP contribution in [0.4, 0.5) is 13.9 Å². The van der Waals surface area contributed by atoms with Gasteiger partial charge in [0.2, 0.25) is 11.7 Å². The number of methoxy groups -OCH3 is 3. The highest BCUT2D eigenvalue weighted by Crippen LogP contribution is 2.38. The molecule has 1 aromatic heterocycles. The van der Waals surface area contributed by atoms with E-state index in [-0.39, 0.29) is 12.3 Å². The van der Waals surface area contributed by atoms with E-state index in [1.54, 1.807) is 24.4 Å². The fraction of sp³-hybridized carbons (Fsp3) is 0.182. The van der Waals surface area contributed by atoms with Crippen LogP contribution in [-0.4, -0.2) is 32.2 Å². The topological polar surface area (TPSA) is 69.7 Å². The molecule has 0 spiro atoms. The maximum absolute atomic E-state index is 13.8. The molecule has 162 valence electrons. The van der Waals surface area contributed by atoms with E-state index < -0.39 is 11.6 Å². The molecule has 0 unspecified atom stereocenters. The SMILES string of the molecule is COc1cc(/C=C/C(=O)Nc2ncc(Cc3ccc(F)cc3F)s2)cc(OC)c1OC. The van der Waals surface area contributed by atoms with Crippen molar-refractivity contribution in [3.05, 3.63) is 70.2 Å². The summed E-state index contributed by atoms with van der Waals surface area (Å²) in [6.07, 6.45) is 4.75. The van der Waals surface area contributed by atoms with Gasteiger partial charge in [-0.25, -0.2) is 13.8 Å². The monoisotopic (exact) mass is 446 g/mol. The number of carbonyl (C=O) groups excluding carboxylic acids is 1. The van der Waals surface area contributed by atoms with Crippen molar-refractivity contribution < 1.29 is 27.8 Å². The van der Waals surface area contributed by atoms with E-state index in [1.165, 1.54) is 50.9 Å². The molecule has 0 aliphatic rings. The highest BCUT2D eigenvalue weighted by molar-refractivity contribution is 7.15. The summed E-state index contributed by atoms with van der Waals surface area (Å²) in [5.74, 6) is -0.231. The third-order valence-electron chi connectivity index (χ3n) is 4.28. The van der Waals surface area contributed by atoms with Crippen LogP contribution in [0.2, 0.25) is 0 Å². The molecule has 0 fully saturated rings. The van der Waals surface area contributed by atoms with E-state index in [2.05, 4.69) is 10.3 Å². The third-order valence-corrected chi connectivity index (χ3v) is 5.19. The predicted octanol–water partition coefficient (Wildman–Crippen LogP) is 4.69. The number of ether oxygens (including phenoxy) is 3. The van der Waals surface area contributed by atoms with Gasteiger partial charge < -0.3 is 14.2 Å². The summed E-state index contributed by atoms with van der Waals surface area (Å²) in [5, 5.41) is 3.03. The van der Waals surface area contributed by atoms with Crippen molar-refractivity contribution in [2.75, 3.05) is 26.6 Å². The lowest BCUT2D eigenvalue weighted by Gasteiger charge is -2.12. The standard InChI is InChI=1S/C22H20F2N2O4S/c1-28-18-8-13(9-19(29-2)21(18)30-3)4-7-20(27)26-22-25-12-16(31-22)10-14-5-6-15(23)11-17(14)24/h4-9,11-12H,10H2,1-3H3,(H,25,26,27)/b7-4+. The number of amides is 1. The van der Waals surface area contributed by atoms with E-state index in [0.29, 0.717) is 33.5 Å². The van der Waals surface area contributed by atoms with Crippen LogP contribution < -0.4 is 19.5 Å². The Morgan fingerprint density at radius 2 is 1.81 bits per heavy atom. The summed E-state index contributed by atoms with van der Waals surface area (Å²) in [4.78, 5) is 17.1. The molecule has 3 aromatic rings. The Bertz CT molecular complexity index is 1090. The molecule has 31 heavy (non-hydrogen) atoms. The Morgan fingerprint density at radius 3 is 2.42 bits per heavy atom. The summed E-state index contributed by atoms with van der Waals surface area (Å²) in [5.41, 5.74) is 1.03. The lowest BCUT2D eigenvalue weighted by atomic mass is 10.1. The summed E-state index contributed by atoms with van der Waals surface area (Å²) < 4.78 is 42.7. The average Bonchev–Trinajstić information content (AvgIpc) is 3.20. The van der Waals surface area contributed by atoms with Gasteiger partial charge in [0.05, 0.1) is 21.3 Å². The maximum Gasteiger partial charge on any atom is 0.250 e. The van der Waals surface area contributed by atoms with Crippen molar-refractivity contribution in [1.82, 2.24) is 4.98 Å². The van der Waals surface area contributed by atoms with Crippen LogP contribution in [-0.2, 0) is 11.2 Å². The summed E-state index contributed by atoms with van der Waals surface area (Å²) in [6, 6.07) is 6.86. The maximum atomic E-state index is 13.8. The van der Waals surface area contributed by atoms with Gasteiger partial charge in [-0.15, -0.1) is 11.3 Å². The number of anilines is 1. The van der Waals surface area contributed by atoms with Crippen LogP contribution in [0.3, 0.4) is 0 Å². The van der Waals surface area contributed by atoms with Crippen LogP contribution in [0.1, 0.15) is 16.0 Å². The highest BCUT2D eigenvalue weighted by Gasteiger charge is 2.13. The number of halogens is 2. The van der Waals surface area contributed by atoms with Crippen LogP contribution in [0.15, 0.2) is 42.6 Å². The number of rotatable bonds is 8. The molecule has 1 amide bonds. The van der Waals surface area contributed by atoms with Gasteiger partial charge in [-0.1, -0.05) is 6.07 Å². The normalized spacial score (nSPS) is 10.9. The van der Waals surface area contributed by atoms with Gasteiger partial charge in [0.25, 0.3) is 0 Å². The lowest BCUT2D eigenvalue weighted by molar-refractivity contribution is -0.111. The first-order valence-electron chi connectivity index (χ1n) is 9.11. The number of hydrogen-bond donors (Lipinski definition) is 1. The van der Waals surface area contributed by atoms with E-state index in [4.69, 9.17) is 14.2 Å². The second-order valence-electron chi connectivity index (χ2n) is 6.33. The zero-order valence-electron chi connectivity index (χ0n) is 17.1. The smallest absolute Gasteiger partial charge is 0.250 e. The molecule has 0 saturated carbocycles. The Hall–Kier alpha value is -3.46. The van der Waals surface area contributed by atoms with Crippen molar-refractivity contribution in [3.63, 3.8) is 0 Å². The molecule has 3 rings (SSSR count). The minimum Gasteiger partial charge on any atom is -0.493 e. The van der Waals surface area contributed by atoms with E-state index in [1.807, 2.05) is 0 Å². The Balaban J connectivity index is 1.67. The Labute approximate surface area is 182 Å². The van der Waals surface area contributed by atoms with Crippen LogP contribution >= 0.6 is 11.3 Å². The molecule has 6 nitrogen and oxygen atoms in total. The zero-order chi connectivity index (χ0) is 22.4. The first-order valence-corrected chi connectivity index (χ1v) is 9.92. The molecule has 9 heteroatoms. The molecular formula is C22H20F2N2O4S. The Morgan fingerprint density at radius 1 is 1.10 bits per heavy atom. The quantitative estimate of drug-likeness (QED) is 0.509. The van der Waals surface area contributed by atoms with Gasteiger partial charge in [0, 0.05) is 29.6 Å². The number of nitrogens with zero attached hydrogens (tertiary/aromatic N) is 1. The molecule has 0 atom stereocenters. The van der Waals surface area contributed by atoms with E-state index >= 15 is 0 Å². The molecule has 2 aromatic carbocycles. The first-order chi connectivity index (χ1) is 14.9. The van der Waals surface area contributed by atoms with Gasteiger partial charge >= 0.3 is 0 Å². The second kappa shape index (κ2) is 10.0. The molecule has 0 aliphatic carbocycles. The molecule has 0 saturated heterocycles. The average molecular weight is 446 g/mol. The highest BCUT2D eigenvalue weighted by atomic mass is 32.1. The summed E-state index contributed by atoms with van der Waals surface area (Å²) in [6.45, 7) is 0. The number of thiazole rings is 1. The van der Waals surface area contributed by atoms with Crippen molar-refractivity contribution >= 4 is 28.5 Å². The molecule has 1 heterocycles. The minimum atomic E-state index is -0.627. The number of nitrogens with one attached hydrogen (secondary N) is 1. The second-order valence-corrected chi connectivity index (χ2v) is 7.44. The van der Waals surface area contributed by atoms with Gasteiger partial charge in [-0.2, -0.15) is 0 Å². The van der Waals surface area contributed by atoms with Crippen molar-refractivity contribution in [3.8, 4) is 17.2 Å². The zero-order valence-corrected chi connectivity index (χ0v) is 17.9. The van der Waals surface area contributed by atoms with E-state index in [0.717, 1.165) is 10.9 Å². The van der Waals surface area contributed by atoms with E-state index in [9.17, 15) is 13.6 Å². The molecule has 1 N–H and O–H groups in total. The molecular weight excluding hydrogens is 426 g/mol. The van der Waals surface area contributed by atoms with Gasteiger partial charge in [0.1, 0.15) is 11.6 Å². The van der Waals surface area contributed by atoms with Crippen molar-refractivity contribution in [2.24, 2.45) is 0 Å². The van der Waals surface area contributed by atoms with Gasteiger partial charge in [-0.05, 0) is 35.4 Å². The number of aromatic nitrogens is 1. The number of carbonyl (C=O) groups is 1. The predicted molar refractivity (Wildman–Crippen MR) is 115 cm³/mol. The third kappa shape index (κ3) is 5.58. The van der Waals surface area contributed by atoms with Crippen molar-refractivity contribution in [1.29, 1.82) is 0 Å². The van der Waals surface area contributed by atoms with Crippen LogP contribution in [0, 0.1) is 11.6 Å². The molecule has 0 radical (unpaired) electrons. The summed E-state index contributed by atoms with van der Waals surface area (Å²) in [7, 11) is 4.53. The Kier molecular flexibility index (Phi) is 7.19. The van der Waals surface area contributed by atoms with Gasteiger partial charge in [0.15, 0.2) is 16.6 Å². The van der Waals surface area contributed by atoms with Crippen molar-refractivity contribution in [2.45, 2.75) is 6.42 Å².